The molecule has 1 aliphatic rings. The van der Waals surface area contributed by atoms with Crippen LogP contribution in [0.25, 0.3) is 0 Å². The number of nitrogens with one attached hydrogen (secondary N) is 1. The highest BCUT2D eigenvalue weighted by Crippen LogP contribution is 2.25. The SMILES string of the molecule is COc1ccc(O)c(CNc2ccccc2CN2CCC(O)CC2)c1. The fraction of sp³-hybridized carbons (Fsp3) is 0.400. The number of hydrogen-bond donors (Lipinski definition) is 3. The summed E-state index contributed by atoms with van der Waals surface area (Å²) in [5, 5.41) is 23.1. The van der Waals surface area contributed by atoms with Gasteiger partial charge in [0.15, 0.2) is 0 Å². The first-order valence-electron chi connectivity index (χ1n) is 8.74. The van der Waals surface area contributed by atoms with Crippen molar-refractivity contribution in [3.05, 3.63) is 53.6 Å². The Morgan fingerprint density at radius 1 is 1.12 bits per heavy atom. The normalized spacial score (nSPS) is 15.9. The number of piperidine rings is 1. The summed E-state index contributed by atoms with van der Waals surface area (Å²) in [5.74, 6) is 0.991. The summed E-state index contributed by atoms with van der Waals surface area (Å²) in [6.07, 6.45) is 1.53. The minimum Gasteiger partial charge on any atom is -0.508 e. The van der Waals surface area contributed by atoms with Gasteiger partial charge in [-0.25, -0.2) is 0 Å². The Hall–Kier alpha value is -2.24. The quantitative estimate of drug-likeness (QED) is 0.753. The molecular formula is C20H26N2O3. The number of phenols is 1. The van der Waals surface area contributed by atoms with E-state index >= 15 is 0 Å². The van der Waals surface area contributed by atoms with E-state index in [0.29, 0.717) is 6.54 Å². The van der Waals surface area contributed by atoms with Gasteiger partial charge in [-0.2, -0.15) is 0 Å². The molecule has 5 heteroatoms. The third-order valence-corrected chi connectivity index (χ3v) is 4.72. The Balaban J connectivity index is 1.67. The van der Waals surface area contributed by atoms with Gasteiger partial charge in [-0.05, 0) is 42.7 Å². The van der Waals surface area contributed by atoms with Crippen molar-refractivity contribution in [2.75, 3.05) is 25.5 Å². The molecule has 0 saturated carbocycles. The van der Waals surface area contributed by atoms with Crippen molar-refractivity contribution >= 4 is 5.69 Å². The molecule has 0 spiro atoms. The molecular weight excluding hydrogens is 316 g/mol. The largest absolute Gasteiger partial charge is 0.508 e. The summed E-state index contributed by atoms with van der Waals surface area (Å²) in [6.45, 7) is 3.23. The second kappa shape index (κ2) is 8.23. The molecule has 134 valence electrons. The number of benzene rings is 2. The molecule has 0 radical (unpaired) electrons. The van der Waals surface area contributed by atoms with Gasteiger partial charge in [0.1, 0.15) is 11.5 Å². The van der Waals surface area contributed by atoms with Gasteiger partial charge in [0.05, 0.1) is 13.2 Å². The molecule has 0 atom stereocenters. The lowest BCUT2D eigenvalue weighted by Crippen LogP contribution is -2.35. The van der Waals surface area contributed by atoms with Crippen LogP contribution in [0.3, 0.4) is 0 Å². The zero-order valence-corrected chi connectivity index (χ0v) is 14.6. The van der Waals surface area contributed by atoms with Gasteiger partial charge in [0.2, 0.25) is 0 Å². The van der Waals surface area contributed by atoms with Gasteiger partial charge in [0, 0.05) is 37.4 Å². The number of likely N-dealkylation sites (tertiary alicyclic amines) is 1. The van der Waals surface area contributed by atoms with E-state index < -0.39 is 0 Å². The Kier molecular flexibility index (Phi) is 5.79. The highest BCUT2D eigenvalue weighted by molar-refractivity contribution is 5.52. The predicted octanol–water partition coefficient (Wildman–Crippen LogP) is 2.97. The fourth-order valence-corrected chi connectivity index (χ4v) is 3.17. The Morgan fingerprint density at radius 3 is 2.64 bits per heavy atom. The summed E-state index contributed by atoms with van der Waals surface area (Å²) in [7, 11) is 1.62. The number of ether oxygens (including phenoxy) is 1. The van der Waals surface area contributed by atoms with E-state index in [1.807, 2.05) is 18.2 Å². The van der Waals surface area contributed by atoms with Crippen LogP contribution in [0.4, 0.5) is 5.69 Å². The van der Waals surface area contributed by atoms with Gasteiger partial charge < -0.3 is 20.3 Å². The van der Waals surface area contributed by atoms with Crippen molar-refractivity contribution in [2.24, 2.45) is 0 Å². The topological polar surface area (TPSA) is 65.0 Å². The van der Waals surface area contributed by atoms with Gasteiger partial charge in [-0.1, -0.05) is 18.2 Å². The third-order valence-electron chi connectivity index (χ3n) is 4.72. The summed E-state index contributed by atoms with van der Waals surface area (Å²) in [4.78, 5) is 2.37. The van der Waals surface area contributed by atoms with Crippen molar-refractivity contribution in [2.45, 2.75) is 32.0 Å². The minimum absolute atomic E-state index is 0.152. The Morgan fingerprint density at radius 2 is 1.88 bits per heavy atom. The number of phenolic OH excluding ortho intramolecular Hbond substituents is 1. The van der Waals surface area contributed by atoms with E-state index in [0.717, 1.165) is 49.5 Å². The highest BCUT2D eigenvalue weighted by atomic mass is 16.5. The lowest BCUT2D eigenvalue weighted by molar-refractivity contribution is 0.0793. The molecule has 1 saturated heterocycles. The minimum atomic E-state index is -0.152. The maximum atomic E-state index is 10.0. The van der Waals surface area contributed by atoms with Gasteiger partial charge in [-0.3, -0.25) is 4.90 Å². The number of aliphatic hydroxyl groups excluding tert-OH is 1. The molecule has 5 nitrogen and oxygen atoms in total. The van der Waals surface area contributed by atoms with Crippen LogP contribution in [0.2, 0.25) is 0 Å². The number of anilines is 1. The van der Waals surface area contributed by atoms with Crippen LogP contribution in [-0.2, 0) is 13.1 Å². The lowest BCUT2D eigenvalue weighted by atomic mass is 10.1. The first kappa shape index (κ1) is 17.6. The fourth-order valence-electron chi connectivity index (χ4n) is 3.17. The van der Waals surface area contributed by atoms with E-state index in [1.165, 1.54) is 5.56 Å². The Labute approximate surface area is 148 Å². The summed E-state index contributed by atoms with van der Waals surface area (Å²) in [5.41, 5.74) is 3.09. The van der Waals surface area contributed by atoms with Gasteiger partial charge >= 0.3 is 0 Å². The van der Waals surface area contributed by atoms with Crippen LogP contribution in [0.15, 0.2) is 42.5 Å². The van der Waals surface area contributed by atoms with Crippen LogP contribution in [0.1, 0.15) is 24.0 Å². The second-order valence-corrected chi connectivity index (χ2v) is 6.51. The summed E-state index contributed by atoms with van der Waals surface area (Å²) >= 11 is 0. The first-order valence-corrected chi connectivity index (χ1v) is 8.74. The average Bonchev–Trinajstić information content (AvgIpc) is 2.64. The Bertz CT molecular complexity index is 697. The highest BCUT2D eigenvalue weighted by Gasteiger charge is 2.17. The molecule has 0 aromatic heterocycles. The summed E-state index contributed by atoms with van der Waals surface area (Å²) in [6, 6.07) is 13.5. The second-order valence-electron chi connectivity index (χ2n) is 6.51. The molecule has 0 aliphatic carbocycles. The monoisotopic (exact) mass is 342 g/mol. The molecule has 3 rings (SSSR count). The maximum absolute atomic E-state index is 10.0. The molecule has 2 aromatic carbocycles. The van der Waals surface area contributed by atoms with E-state index in [-0.39, 0.29) is 11.9 Å². The molecule has 1 heterocycles. The zero-order valence-electron chi connectivity index (χ0n) is 14.6. The molecule has 25 heavy (non-hydrogen) atoms. The van der Waals surface area contributed by atoms with E-state index in [2.05, 4.69) is 22.3 Å². The van der Waals surface area contributed by atoms with Crippen molar-refractivity contribution in [3.8, 4) is 11.5 Å². The molecule has 0 amide bonds. The maximum Gasteiger partial charge on any atom is 0.120 e. The molecule has 3 N–H and O–H groups in total. The first-order chi connectivity index (χ1) is 12.2. The van der Waals surface area contributed by atoms with Crippen LogP contribution >= 0.6 is 0 Å². The lowest BCUT2D eigenvalue weighted by Gasteiger charge is -2.30. The standard InChI is InChI=1S/C20H26N2O3/c1-25-18-6-7-20(24)16(12-18)13-21-19-5-3-2-4-15(19)14-22-10-8-17(23)9-11-22/h2-7,12,17,21,23-24H,8-11,13-14H2,1H3. The zero-order chi connectivity index (χ0) is 17.6. The van der Waals surface area contributed by atoms with Gasteiger partial charge in [0.25, 0.3) is 0 Å². The molecule has 0 bridgehead atoms. The van der Waals surface area contributed by atoms with E-state index in [9.17, 15) is 10.2 Å². The van der Waals surface area contributed by atoms with Gasteiger partial charge in [-0.15, -0.1) is 0 Å². The smallest absolute Gasteiger partial charge is 0.120 e. The summed E-state index contributed by atoms with van der Waals surface area (Å²) < 4.78 is 5.23. The average molecular weight is 342 g/mol. The van der Waals surface area contributed by atoms with E-state index in [1.54, 1.807) is 19.2 Å². The number of aliphatic hydroxyl groups is 1. The van der Waals surface area contributed by atoms with Crippen LogP contribution in [-0.4, -0.2) is 41.4 Å². The van der Waals surface area contributed by atoms with Crippen molar-refractivity contribution < 1.29 is 14.9 Å². The number of aromatic hydroxyl groups is 1. The van der Waals surface area contributed by atoms with Crippen molar-refractivity contribution in [1.82, 2.24) is 4.90 Å². The molecule has 1 aliphatic heterocycles. The van der Waals surface area contributed by atoms with Crippen LogP contribution in [0, 0.1) is 0 Å². The predicted molar refractivity (Wildman–Crippen MR) is 98.9 cm³/mol. The molecule has 1 fully saturated rings. The molecule has 0 unspecified atom stereocenters. The number of methoxy groups -OCH3 is 1. The van der Waals surface area contributed by atoms with Crippen molar-refractivity contribution in [3.63, 3.8) is 0 Å². The van der Waals surface area contributed by atoms with Crippen LogP contribution < -0.4 is 10.1 Å². The van der Waals surface area contributed by atoms with E-state index in [4.69, 9.17) is 4.74 Å². The van der Waals surface area contributed by atoms with Crippen LogP contribution in [0.5, 0.6) is 11.5 Å². The number of nitrogens with zero attached hydrogens (tertiary/aromatic N) is 1. The number of para-hydroxylation sites is 1. The number of rotatable bonds is 6. The third kappa shape index (κ3) is 4.65. The van der Waals surface area contributed by atoms with Crippen molar-refractivity contribution in [1.29, 1.82) is 0 Å². The molecule has 2 aromatic rings. The number of hydrogen-bond acceptors (Lipinski definition) is 5.